The van der Waals surface area contributed by atoms with Gasteiger partial charge in [-0.05, 0) is 33.1 Å². The zero-order valence-electron chi connectivity index (χ0n) is 13.7. The SMILES string of the molecule is CCOC(=O)c1nc(C)n(-c2nc(N3CCCCC3)ncc2F)n1. The fourth-order valence-corrected chi connectivity index (χ4v) is 2.62. The summed E-state index contributed by atoms with van der Waals surface area (Å²) in [4.78, 5) is 26.2. The molecule has 0 saturated carbocycles. The lowest BCUT2D eigenvalue weighted by atomic mass is 10.1. The molecule has 0 spiro atoms. The Morgan fingerprint density at radius 1 is 1.29 bits per heavy atom. The van der Waals surface area contributed by atoms with Crippen LogP contribution in [0.25, 0.3) is 5.82 Å². The Balaban J connectivity index is 1.95. The molecule has 0 unspecified atom stereocenters. The molecule has 1 fully saturated rings. The average molecular weight is 334 g/mol. The Hall–Kier alpha value is -2.58. The predicted molar refractivity (Wildman–Crippen MR) is 83.7 cm³/mol. The summed E-state index contributed by atoms with van der Waals surface area (Å²) in [5, 5.41) is 4.03. The number of rotatable bonds is 4. The minimum absolute atomic E-state index is 0.0221. The minimum atomic E-state index is -0.648. The molecule has 128 valence electrons. The fourth-order valence-electron chi connectivity index (χ4n) is 2.62. The highest BCUT2D eigenvalue weighted by molar-refractivity contribution is 5.85. The highest BCUT2D eigenvalue weighted by Crippen LogP contribution is 2.19. The third kappa shape index (κ3) is 3.19. The third-order valence-electron chi connectivity index (χ3n) is 3.78. The van der Waals surface area contributed by atoms with Crippen LogP contribution < -0.4 is 4.90 Å². The van der Waals surface area contributed by atoms with Crippen LogP contribution in [0.1, 0.15) is 42.6 Å². The number of hydrogen-bond acceptors (Lipinski definition) is 7. The number of carbonyl (C=O) groups excluding carboxylic acids is 1. The Kier molecular flexibility index (Phi) is 4.68. The maximum Gasteiger partial charge on any atom is 0.378 e. The lowest BCUT2D eigenvalue weighted by Crippen LogP contribution is -2.31. The number of aromatic nitrogens is 5. The van der Waals surface area contributed by atoms with Gasteiger partial charge in [0, 0.05) is 13.1 Å². The van der Waals surface area contributed by atoms with Gasteiger partial charge in [-0.2, -0.15) is 9.67 Å². The van der Waals surface area contributed by atoms with Gasteiger partial charge in [0.05, 0.1) is 12.8 Å². The van der Waals surface area contributed by atoms with Crippen LogP contribution in [-0.2, 0) is 4.74 Å². The molecule has 1 saturated heterocycles. The number of hydrogen-bond donors (Lipinski definition) is 0. The van der Waals surface area contributed by atoms with Gasteiger partial charge < -0.3 is 9.64 Å². The van der Waals surface area contributed by atoms with Crippen molar-refractivity contribution in [2.45, 2.75) is 33.1 Å². The smallest absolute Gasteiger partial charge is 0.378 e. The second-order valence-corrected chi connectivity index (χ2v) is 5.50. The van der Waals surface area contributed by atoms with Gasteiger partial charge in [0.2, 0.25) is 5.95 Å². The minimum Gasteiger partial charge on any atom is -0.460 e. The number of nitrogens with zero attached hydrogens (tertiary/aromatic N) is 6. The van der Waals surface area contributed by atoms with Crippen molar-refractivity contribution in [3.63, 3.8) is 0 Å². The Morgan fingerprint density at radius 3 is 2.75 bits per heavy atom. The molecule has 3 rings (SSSR count). The Bertz CT molecular complexity index is 742. The van der Waals surface area contributed by atoms with Crippen LogP contribution >= 0.6 is 0 Å². The van der Waals surface area contributed by atoms with E-state index in [0.717, 1.165) is 32.1 Å². The van der Waals surface area contributed by atoms with Crippen molar-refractivity contribution in [3.8, 4) is 5.82 Å². The summed E-state index contributed by atoms with van der Waals surface area (Å²) in [7, 11) is 0. The van der Waals surface area contributed by atoms with E-state index < -0.39 is 11.8 Å². The average Bonchev–Trinajstić information content (AvgIpc) is 2.98. The van der Waals surface area contributed by atoms with Gasteiger partial charge in [0.15, 0.2) is 11.6 Å². The van der Waals surface area contributed by atoms with Crippen LogP contribution in [0.5, 0.6) is 0 Å². The maximum absolute atomic E-state index is 14.2. The molecule has 8 nitrogen and oxygen atoms in total. The van der Waals surface area contributed by atoms with E-state index in [1.165, 1.54) is 11.1 Å². The molecule has 9 heteroatoms. The van der Waals surface area contributed by atoms with E-state index in [4.69, 9.17) is 4.74 Å². The molecule has 0 bridgehead atoms. The summed E-state index contributed by atoms with van der Waals surface area (Å²) in [6.45, 7) is 5.22. The highest BCUT2D eigenvalue weighted by Gasteiger charge is 2.21. The van der Waals surface area contributed by atoms with Gasteiger partial charge in [0.25, 0.3) is 5.82 Å². The van der Waals surface area contributed by atoms with Crippen molar-refractivity contribution in [1.29, 1.82) is 0 Å². The molecule has 2 aromatic heterocycles. The number of aryl methyl sites for hydroxylation is 1. The molecule has 1 aliphatic rings. The van der Waals surface area contributed by atoms with Gasteiger partial charge in [-0.15, -0.1) is 5.10 Å². The number of halogens is 1. The first-order valence-corrected chi connectivity index (χ1v) is 7.98. The van der Waals surface area contributed by atoms with Crippen LogP contribution in [0.4, 0.5) is 10.3 Å². The molecular formula is C15H19FN6O2. The van der Waals surface area contributed by atoms with Crippen LogP contribution in [0.3, 0.4) is 0 Å². The van der Waals surface area contributed by atoms with Gasteiger partial charge >= 0.3 is 5.97 Å². The standard InChI is InChI=1S/C15H19FN6O2/c1-3-24-14(23)12-18-10(2)22(20-12)13-11(16)9-17-15(19-13)21-7-5-4-6-8-21/h9H,3-8H2,1-2H3. The molecule has 0 N–H and O–H groups in total. The molecule has 0 aliphatic carbocycles. The Morgan fingerprint density at radius 2 is 2.04 bits per heavy atom. The lowest BCUT2D eigenvalue weighted by Gasteiger charge is -2.26. The van der Waals surface area contributed by atoms with Gasteiger partial charge in [-0.1, -0.05) is 0 Å². The van der Waals surface area contributed by atoms with Crippen molar-refractivity contribution >= 4 is 11.9 Å². The molecular weight excluding hydrogens is 315 g/mol. The largest absolute Gasteiger partial charge is 0.460 e. The zero-order chi connectivity index (χ0) is 17.1. The van der Waals surface area contributed by atoms with E-state index in [9.17, 15) is 9.18 Å². The summed E-state index contributed by atoms with van der Waals surface area (Å²) in [5.74, 6) is -0.610. The summed E-state index contributed by atoms with van der Waals surface area (Å²) in [5.41, 5.74) is 0. The molecule has 2 aromatic rings. The summed E-state index contributed by atoms with van der Waals surface area (Å²) < 4.78 is 20.3. The normalized spacial score (nSPS) is 14.7. The van der Waals surface area contributed by atoms with Crippen LogP contribution in [0.2, 0.25) is 0 Å². The van der Waals surface area contributed by atoms with E-state index in [1.807, 2.05) is 4.90 Å². The maximum atomic E-state index is 14.2. The summed E-state index contributed by atoms with van der Waals surface area (Å²) in [6.07, 6.45) is 4.42. The highest BCUT2D eigenvalue weighted by atomic mass is 19.1. The Labute approximate surface area is 138 Å². The fraction of sp³-hybridized carbons (Fsp3) is 0.533. The van der Waals surface area contributed by atoms with Gasteiger partial charge in [0.1, 0.15) is 5.82 Å². The second kappa shape index (κ2) is 6.90. The molecule has 0 radical (unpaired) electrons. The number of piperidine rings is 1. The predicted octanol–water partition coefficient (Wildman–Crippen LogP) is 1.67. The first kappa shape index (κ1) is 16.3. The third-order valence-corrected chi connectivity index (χ3v) is 3.78. The molecule has 24 heavy (non-hydrogen) atoms. The van der Waals surface area contributed by atoms with E-state index >= 15 is 0 Å². The van der Waals surface area contributed by atoms with E-state index in [2.05, 4.69) is 20.1 Å². The van der Waals surface area contributed by atoms with Crippen molar-refractivity contribution in [2.75, 3.05) is 24.6 Å². The molecule has 3 heterocycles. The molecule has 1 aliphatic heterocycles. The number of esters is 1. The molecule has 0 aromatic carbocycles. The molecule has 0 atom stereocenters. The monoisotopic (exact) mass is 334 g/mol. The first-order chi connectivity index (χ1) is 11.6. The number of carbonyl (C=O) groups is 1. The van der Waals surface area contributed by atoms with E-state index in [-0.39, 0.29) is 18.2 Å². The van der Waals surface area contributed by atoms with Crippen LogP contribution in [0.15, 0.2) is 6.20 Å². The van der Waals surface area contributed by atoms with Crippen LogP contribution in [-0.4, -0.2) is 50.4 Å². The van der Waals surface area contributed by atoms with Crippen LogP contribution in [0, 0.1) is 12.7 Å². The number of anilines is 1. The number of ether oxygens (including phenoxy) is 1. The van der Waals surface area contributed by atoms with E-state index in [1.54, 1.807) is 13.8 Å². The van der Waals surface area contributed by atoms with E-state index in [0.29, 0.717) is 11.8 Å². The summed E-state index contributed by atoms with van der Waals surface area (Å²) >= 11 is 0. The van der Waals surface area contributed by atoms with Crippen molar-refractivity contribution in [1.82, 2.24) is 24.7 Å². The quantitative estimate of drug-likeness (QED) is 0.786. The zero-order valence-corrected chi connectivity index (χ0v) is 13.7. The van der Waals surface area contributed by atoms with Gasteiger partial charge in [-0.3, -0.25) is 0 Å². The first-order valence-electron chi connectivity index (χ1n) is 7.98. The van der Waals surface area contributed by atoms with Crippen molar-refractivity contribution in [2.24, 2.45) is 0 Å². The topological polar surface area (TPSA) is 86.0 Å². The lowest BCUT2D eigenvalue weighted by molar-refractivity contribution is 0.0512. The van der Waals surface area contributed by atoms with Gasteiger partial charge in [-0.25, -0.2) is 19.2 Å². The van der Waals surface area contributed by atoms with Crippen molar-refractivity contribution < 1.29 is 13.9 Å². The summed E-state index contributed by atoms with van der Waals surface area (Å²) in [6, 6.07) is 0. The van der Waals surface area contributed by atoms with Crippen molar-refractivity contribution in [3.05, 3.63) is 23.7 Å². The second-order valence-electron chi connectivity index (χ2n) is 5.50. The molecule has 0 amide bonds.